The smallest absolute Gasteiger partial charge is 0.411 e. The highest BCUT2D eigenvalue weighted by molar-refractivity contribution is 5.87. The standard InChI is InChI=1S/C24H23NO3/c1-14-12-22(15(2)16(3)23(14)26)25-24(27)28-13-21-19-10-6-4-8-17(19)18-9-5-7-11-20(18)21/h4-12,21,26H,13H2,1-3H3,(H,25,27). The van der Waals surface area contributed by atoms with Crippen molar-refractivity contribution in [2.75, 3.05) is 11.9 Å². The molecule has 0 atom stereocenters. The van der Waals surface area contributed by atoms with E-state index in [1.807, 2.05) is 45.0 Å². The Morgan fingerprint density at radius 3 is 2.14 bits per heavy atom. The van der Waals surface area contributed by atoms with Gasteiger partial charge in [-0.3, -0.25) is 5.32 Å². The van der Waals surface area contributed by atoms with Crippen LogP contribution >= 0.6 is 0 Å². The van der Waals surface area contributed by atoms with E-state index < -0.39 is 6.09 Å². The lowest BCUT2D eigenvalue weighted by Gasteiger charge is -2.16. The number of phenols is 1. The Labute approximate surface area is 164 Å². The Bertz CT molecular complexity index is 1030. The second-order valence-corrected chi connectivity index (χ2v) is 7.29. The topological polar surface area (TPSA) is 58.6 Å². The number of anilines is 1. The monoisotopic (exact) mass is 373 g/mol. The summed E-state index contributed by atoms with van der Waals surface area (Å²) in [7, 11) is 0. The minimum atomic E-state index is -0.491. The number of aromatic hydroxyl groups is 1. The van der Waals surface area contributed by atoms with Crippen LogP contribution in [0.25, 0.3) is 11.1 Å². The number of ether oxygens (including phenoxy) is 1. The first kappa shape index (κ1) is 18.1. The number of rotatable bonds is 3. The molecule has 0 fully saturated rings. The Morgan fingerprint density at radius 1 is 0.964 bits per heavy atom. The molecule has 3 aromatic carbocycles. The fourth-order valence-corrected chi connectivity index (χ4v) is 3.94. The van der Waals surface area contributed by atoms with Gasteiger partial charge in [0.05, 0.1) is 0 Å². The Balaban J connectivity index is 1.52. The minimum Gasteiger partial charge on any atom is -0.507 e. The zero-order valence-corrected chi connectivity index (χ0v) is 16.2. The van der Waals surface area contributed by atoms with Gasteiger partial charge in [0.25, 0.3) is 0 Å². The maximum atomic E-state index is 12.5. The molecule has 0 saturated carbocycles. The molecular weight excluding hydrogens is 350 g/mol. The zero-order chi connectivity index (χ0) is 19.8. The summed E-state index contributed by atoms with van der Waals surface area (Å²) in [6, 6.07) is 18.3. The highest BCUT2D eigenvalue weighted by Gasteiger charge is 2.29. The van der Waals surface area contributed by atoms with Gasteiger partial charge in [0.1, 0.15) is 12.4 Å². The molecule has 0 heterocycles. The second kappa shape index (κ2) is 7.04. The number of phenolic OH excluding ortho intramolecular Hbond substituents is 1. The molecule has 0 unspecified atom stereocenters. The summed E-state index contributed by atoms with van der Waals surface area (Å²) in [6.07, 6.45) is -0.491. The maximum absolute atomic E-state index is 12.5. The number of amides is 1. The van der Waals surface area contributed by atoms with Crippen LogP contribution in [0.3, 0.4) is 0 Å². The van der Waals surface area contributed by atoms with Crippen LogP contribution in [0.2, 0.25) is 0 Å². The van der Waals surface area contributed by atoms with E-state index in [0.29, 0.717) is 5.69 Å². The lowest BCUT2D eigenvalue weighted by atomic mass is 9.98. The zero-order valence-electron chi connectivity index (χ0n) is 16.2. The van der Waals surface area contributed by atoms with Gasteiger partial charge in [-0.1, -0.05) is 48.5 Å². The van der Waals surface area contributed by atoms with Crippen LogP contribution in [0.15, 0.2) is 54.6 Å². The van der Waals surface area contributed by atoms with Gasteiger partial charge in [0, 0.05) is 11.6 Å². The number of hydrogen-bond donors (Lipinski definition) is 2. The molecule has 28 heavy (non-hydrogen) atoms. The molecule has 3 aromatic rings. The molecule has 142 valence electrons. The molecule has 0 saturated heterocycles. The third-order valence-electron chi connectivity index (χ3n) is 5.64. The fourth-order valence-electron chi connectivity index (χ4n) is 3.94. The summed E-state index contributed by atoms with van der Waals surface area (Å²) < 4.78 is 5.60. The van der Waals surface area contributed by atoms with E-state index in [0.717, 1.165) is 16.7 Å². The van der Waals surface area contributed by atoms with E-state index >= 15 is 0 Å². The Hall–Kier alpha value is -3.27. The first-order chi connectivity index (χ1) is 13.5. The molecule has 0 spiro atoms. The summed E-state index contributed by atoms with van der Waals surface area (Å²) in [5.41, 5.74) is 7.74. The molecule has 1 aliphatic carbocycles. The van der Waals surface area contributed by atoms with Crippen LogP contribution in [-0.4, -0.2) is 17.8 Å². The van der Waals surface area contributed by atoms with E-state index in [1.165, 1.54) is 22.3 Å². The van der Waals surface area contributed by atoms with E-state index in [4.69, 9.17) is 4.74 Å². The van der Waals surface area contributed by atoms with Crippen LogP contribution in [0.4, 0.5) is 10.5 Å². The largest absolute Gasteiger partial charge is 0.507 e. The molecule has 0 aliphatic heterocycles. The average molecular weight is 373 g/mol. The molecule has 4 rings (SSSR count). The minimum absolute atomic E-state index is 0.0301. The number of carbonyl (C=O) groups is 1. The number of fused-ring (bicyclic) bond motifs is 3. The van der Waals surface area contributed by atoms with Gasteiger partial charge >= 0.3 is 6.09 Å². The van der Waals surface area contributed by atoms with E-state index in [9.17, 15) is 9.90 Å². The van der Waals surface area contributed by atoms with Crippen molar-refractivity contribution in [1.29, 1.82) is 0 Å². The van der Waals surface area contributed by atoms with Gasteiger partial charge in [-0.2, -0.15) is 0 Å². The van der Waals surface area contributed by atoms with E-state index in [-0.39, 0.29) is 18.3 Å². The highest BCUT2D eigenvalue weighted by atomic mass is 16.5. The lowest BCUT2D eigenvalue weighted by Crippen LogP contribution is -2.18. The SMILES string of the molecule is Cc1cc(NC(=O)OCC2c3ccccc3-c3ccccc32)c(C)c(C)c1O. The Kier molecular flexibility index (Phi) is 4.55. The van der Waals surface area contributed by atoms with Crippen LogP contribution in [-0.2, 0) is 4.74 Å². The average Bonchev–Trinajstić information content (AvgIpc) is 3.03. The van der Waals surface area contributed by atoms with Crippen molar-refractivity contribution in [3.63, 3.8) is 0 Å². The molecule has 1 amide bonds. The van der Waals surface area contributed by atoms with E-state index in [1.54, 1.807) is 6.07 Å². The Morgan fingerprint density at radius 2 is 1.54 bits per heavy atom. The lowest BCUT2D eigenvalue weighted by molar-refractivity contribution is 0.158. The summed E-state index contributed by atoms with van der Waals surface area (Å²) in [5, 5.41) is 12.9. The van der Waals surface area contributed by atoms with Crippen molar-refractivity contribution in [1.82, 2.24) is 0 Å². The number of nitrogens with one attached hydrogen (secondary N) is 1. The number of carbonyl (C=O) groups excluding carboxylic acids is 1. The molecule has 0 radical (unpaired) electrons. The second-order valence-electron chi connectivity index (χ2n) is 7.29. The van der Waals surface area contributed by atoms with Crippen molar-refractivity contribution >= 4 is 11.8 Å². The molecular formula is C24H23NO3. The van der Waals surface area contributed by atoms with E-state index in [2.05, 4.69) is 29.6 Å². The normalized spacial score (nSPS) is 12.4. The summed E-state index contributed by atoms with van der Waals surface area (Å²) in [6.45, 7) is 5.79. The van der Waals surface area contributed by atoms with Crippen molar-refractivity contribution in [2.45, 2.75) is 26.7 Å². The molecule has 1 aliphatic rings. The van der Waals surface area contributed by atoms with Gasteiger partial charge in [-0.05, 0) is 65.8 Å². The van der Waals surface area contributed by atoms with Crippen molar-refractivity contribution in [3.05, 3.63) is 82.4 Å². The fraction of sp³-hybridized carbons (Fsp3) is 0.208. The molecule has 0 bridgehead atoms. The van der Waals surface area contributed by atoms with Crippen LogP contribution in [0.5, 0.6) is 5.75 Å². The third-order valence-corrected chi connectivity index (χ3v) is 5.64. The predicted octanol–water partition coefficient (Wildman–Crippen LogP) is 5.68. The van der Waals surface area contributed by atoms with Gasteiger partial charge in [0.15, 0.2) is 0 Å². The first-order valence-electron chi connectivity index (χ1n) is 9.39. The van der Waals surface area contributed by atoms with Crippen molar-refractivity contribution in [3.8, 4) is 16.9 Å². The number of benzene rings is 3. The van der Waals surface area contributed by atoms with Gasteiger partial charge in [-0.25, -0.2) is 4.79 Å². The van der Waals surface area contributed by atoms with Crippen molar-refractivity contribution in [2.24, 2.45) is 0 Å². The predicted molar refractivity (Wildman–Crippen MR) is 111 cm³/mol. The van der Waals surface area contributed by atoms with Crippen LogP contribution in [0, 0.1) is 20.8 Å². The van der Waals surface area contributed by atoms with Crippen molar-refractivity contribution < 1.29 is 14.6 Å². The quantitative estimate of drug-likeness (QED) is 0.581. The first-order valence-corrected chi connectivity index (χ1v) is 9.39. The number of hydrogen-bond acceptors (Lipinski definition) is 3. The summed E-state index contributed by atoms with van der Waals surface area (Å²) in [5.74, 6) is 0.290. The molecule has 4 heteroatoms. The van der Waals surface area contributed by atoms with Gasteiger partial charge in [-0.15, -0.1) is 0 Å². The summed E-state index contributed by atoms with van der Waals surface area (Å²) >= 11 is 0. The van der Waals surface area contributed by atoms with Gasteiger partial charge in [0.2, 0.25) is 0 Å². The molecule has 2 N–H and O–H groups in total. The molecule has 0 aromatic heterocycles. The highest BCUT2D eigenvalue weighted by Crippen LogP contribution is 2.44. The van der Waals surface area contributed by atoms with Gasteiger partial charge < -0.3 is 9.84 Å². The third kappa shape index (κ3) is 3.01. The summed E-state index contributed by atoms with van der Waals surface area (Å²) in [4.78, 5) is 12.5. The number of aryl methyl sites for hydroxylation is 1. The maximum Gasteiger partial charge on any atom is 0.411 e. The van der Waals surface area contributed by atoms with Crippen LogP contribution < -0.4 is 5.32 Å². The molecule has 4 nitrogen and oxygen atoms in total. The van der Waals surface area contributed by atoms with Crippen LogP contribution in [0.1, 0.15) is 33.7 Å².